The second-order valence-corrected chi connectivity index (χ2v) is 10.7. The topological polar surface area (TPSA) is 148 Å². The second-order valence-electron chi connectivity index (χ2n) is 7.22. The molecule has 0 saturated carbocycles. The lowest BCUT2D eigenvalue weighted by atomic mass is 10.0. The lowest BCUT2D eigenvalue weighted by Gasteiger charge is -2.16. The van der Waals surface area contributed by atoms with Crippen molar-refractivity contribution in [2.24, 2.45) is 21.7 Å². The number of phenolic OH excluding ortho intramolecular Hbond substituents is 1. The first kappa shape index (κ1) is 24.3. The summed E-state index contributed by atoms with van der Waals surface area (Å²) in [7, 11) is -3.66. The van der Waals surface area contributed by atoms with Gasteiger partial charge in [-0.15, -0.1) is 15.7 Å². The normalized spacial score (nSPS) is 15.3. The average Bonchev–Trinajstić information content (AvgIpc) is 3.10. The Morgan fingerprint density at radius 2 is 1.87 bits per heavy atom. The van der Waals surface area contributed by atoms with E-state index < -0.39 is 33.8 Å². The number of rotatable bonds is 8. The Balaban J connectivity index is 2.27. The van der Waals surface area contributed by atoms with Gasteiger partial charge in [-0.3, -0.25) is 14.3 Å². The van der Waals surface area contributed by atoms with Crippen LogP contribution in [0.3, 0.4) is 0 Å². The van der Waals surface area contributed by atoms with Crippen LogP contribution in [0.4, 0.5) is 0 Å². The molecule has 0 radical (unpaired) electrons. The number of thiophene rings is 1. The lowest BCUT2D eigenvalue weighted by Crippen LogP contribution is -2.45. The highest BCUT2D eigenvalue weighted by Crippen LogP contribution is 2.25. The lowest BCUT2D eigenvalue weighted by molar-refractivity contribution is -0.120. The van der Waals surface area contributed by atoms with Crippen molar-refractivity contribution in [2.75, 3.05) is 0 Å². The molecule has 0 saturated heterocycles. The van der Waals surface area contributed by atoms with Gasteiger partial charge in [0.25, 0.3) is 5.91 Å². The van der Waals surface area contributed by atoms with Gasteiger partial charge in [0.05, 0.1) is 17.1 Å². The summed E-state index contributed by atoms with van der Waals surface area (Å²) in [5.74, 6) is -1.29. The SMILES string of the molecule is CC(C)C[C@H](N)C(=O)N=S(=O)(NC(=O)[C@@H](N)Cc1ccc(O)cc1)c1cc(Cl)cs1. The first-order chi connectivity index (χ1) is 14.0. The molecule has 1 unspecified atom stereocenters. The van der Waals surface area contributed by atoms with Gasteiger partial charge < -0.3 is 16.6 Å². The molecule has 1 heterocycles. The minimum absolute atomic E-state index is 0.0874. The summed E-state index contributed by atoms with van der Waals surface area (Å²) in [5, 5.41) is 11.2. The van der Waals surface area contributed by atoms with Crippen LogP contribution in [-0.4, -0.2) is 33.2 Å². The van der Waals surface area contributed by atoms with Gasteiger partial charge in [-0.2, -0.15) is 0 Å². The highest BCUT2D eigenvalue weighted by Gasteiger charge is 2.26. The number of nitrogens with zero attached hydrogens (tertiary/aromatic N) is 1. The smallest absolute Gasteiger partial charge is 0.272 e. The van der Waals surface area contributed by atoms with Crippen molar-refractivity contribution < 1.29 is 18.9 Å². The van der Waals surface area contributed by atoms with Crippen molar-refractivity contribution in [3.05, 3.63) is 46.3 Å². The molecule has 2 amide bonds. The van der Waals surface area contributed by atoms with Gasteiger partial charge in [0.1, 0.15) is 9.96 Å². The first-order valence-electron chi connectivity index (χ1n) is 9.16. The number of amides is 2. The van der Waals surface area contributed by atoms with Crippen LogP contribution in [0.15, 0.2) is 44.3 Å². The standard InChI is InChI=1S/C19H25ClN4O4S2/c1-11(2)7-15(21)18(26)23-30(28,17-9-13(20)10-29-17)24-19(27)16(22)8-12-3-5-14(25)6-4-12/h3-6,9-11,15-16,25H,7-8,21-22H2,1-2H3,(H,23,24,26,27,28)/t15-,16-,30?/m0/s1. The number of hydrogen-bond acceptors (Lipinski definition) is 7. The van der Waals surface area contributed by atoms with E-state index in [0.29, 0.717) is 17.0 Å². The number of carbonyl (C=O) groups is 2. The third-order valence-corrected chi connectivity index (χ3v) is 7.66. The molecule has 1 aromatic heterocycles. The maximum Gasteiger partial charge on any atom is 0.272 e. The zero-order chi connectivity index (χ0) is 22.5. The molecule has 0 spiro atoms. The number of phenols is 1. The van der Waals surface area contributed by atoms with E-state index >= 15 is 0 Å². The summed E-state index contributed by atoms with van der Waals surface area (Å²) in [6.45, 7) is 3.79. The zero-order valence-electron chi connectivity index (χ0n) is 16.6. The van der Waals surface area contributed by atoms with Gasteiger partial charge in [-0.05, 0) is 42.5 Å². The molecule has 0 aliphatic heterocycles. The summed E-state index contributed by atoms with van der Waals surface area (Å²) >= 11 is 6.94. The summed E-state index contributed by atoms with van der Waals surface area (Å²) in [5.41, 5.74) is 12.5. The molecule has 164 valence electrons. The Kier molecular flexibility index (Phi) is 8.39. The van der Waals surface area contributed by atoms with Gasteiger partial charge in [0.15, 0.2) is 9.92 Å². The van der Waals surface area contributed by atoms with Crippen LogP contribution in [-0.2, 0) is 25.9 Å². The van der Waals surface area contributed by atoms with Crippen LogP contribution in [0.25, 0.3) is 0 Å². The van der Waals surface area contributed by atoms with E-state index in [1.165, 1.54) is 23.6 Å². The Labute approximate surface area is 184 Å². The second kappa shape index (κ2) is 10.4. The molecule has 6 N–H and O–H groups in total. The number of aromatic hydroxyl groups is 1. The van der Waals surface area contributed by atoms with Gasteiger partial charge in [0.2, 0.25) is 5.91 Å². The molecule has 8 nitrogen and oxygen atoms in total. The summed E-state index contributed by atoms with van der Waals surface area (Å²) in [6.07, 6.45) is 0.491. The molecule has 11 heteroatoms. The van der Waals surface area contributed by atoms with Crippen molar-refractivity contribution in [3.63, 3.8) is 0 Å². The van der Waals surface area contributed by atoms with Crippen LogP contribution in [0.5, 0.6) is 5.75 Å². The number of halogens is 1. The van der Waals surface area contributed by atoms with Gasteiger partial charge in [-0.25, -0.2) is 4.21 Å². The molecule has 0 aliphatic rings. The van der Waals surface area contributed by atoms with Crippen LogP contribution < -0.4 is 16.2 Å². The molecule has 0 aliphatic carbocycles. The predicted molar refractivity (Wildman–Crippen MR) is 119 cm³/mol. The van der Waals surface area contributed by atoms with Crippen LogP contribution in [0, 0.1) is 5.92 Å². The van der Waals surface area contributed by atoms with E-state index in [4.69, 9.17) is 23.1 Å². The Morgan fingerprint density at radius 1 is 1.23 bits per heavy atom. The van der Waals surface area contributed by atoms with Crippen molar-refractivity contribution in [1.29, 1.82) is 0 Å². The third kappa shape index (κ3) is 6.78. The molecule has 30 heavy (non-hydrogen) atoms. The van der Waals surface area contributed by atoms with Crippen molar-refractivity contribution >= 4 is 44.7 Å². The molecule has 1 aromatic carbocycles. The van der Waals surface area contributed by atoms with Gasteiger partial charge >= 0.3 is 0 Å². The monoisotopic (exact) mass is 472 g/mol. The van der Waals surface area contributed by atoms with Crippen molar-refractivity contribution in [2.45, 2.75) is 43.0 Å². The highest BCUT2D eigenvalue weighted by atomic mass is 35.5. The van der Waals surface area contributed by atoms with E-state index in [0.717, 1.165) is 11.3 Å². The number of carbonyl (C=O) groups excluding carboxylic acids is 2. The van der Waals surface area contributed by atoms with Gasteiger partial charge in [-0.1, -0.05) is 37.6 Å². The number of hydrogen-bond donors (Lipinski definition) is 4. The summed E-state index contributed by atoms with van der Waals surface area (Å²) < 4.78 is 19.7. The molecular formula is C19H25ClN4O4S2. The van der Waals surface area contributed by atoms with E-state index in [9.17, 15) is 18.9 Å². The average molecular weight is 473 g/mol. The maximum atomic E-state index is 13.5. The summed E-state index contributed by atoms with van der Waals surface area (Å²) in [4.78, 5) is 25.1. The number of nitrogens with one attached hydrogen (secondary N) is 1. The first-order valence-corrected chi connectivity index (χ1v) is 11.9. The molecule has 0 fully saturated rings. The highest BCUT2D eigenvalue weighted by molar-refractivity contribution is 7.94. The van der Waals surface area contributed by atoms with E-state index in [2.05, 4.69) is 9.08 Å². The van der Waals surface area contributed by atoms with Crippen LogP contribution in [0.2, 0.25) is 5.02 Å². The van der Waals surface area contributed by atoms with Gasteiger partial charge in [0, 0.05) is 5.38 Å². The Morgan fingerprint density at radius 3 is 2.40 bits per heavy atom. The van der Waals surface area contributed by atoms with E-state index in [1.807, 2.05) is 13.8 Å². The molecule has 0 bridgehead atoms. The number of benzene rings is 1. The molecule has 3 atom stereocenters. The van der Waals surface area contributed by atoms with Crippen LogP contribution in [0.1, 0.15) is 25.8 Å². The largest absolute Gasteiger partial charge is 0.508 e. The fourth-order valence-electron chi connectivity index (χ4n) is 2.55. The minimum Gasteiger partial charge on any atom is -0.508 e. The quantitative estimate of drug-likeness (QED) is 0.463. The van der Waals surface area contributed by atoms with E-state index in [-0.39, 0.29) is 22.3 Å². The maximum absolute atomic E-state index is 13.5. The number of nitrogens with two attached hydrogens (primary N) is 2. The minimum atomic E-state index is -3.66. The Hall–Kier alpha value is -1.98. The Bertz CT molecular complexity index is 1010. The predicted octanol–water partition coefficient (Wildman–Crippen LogP) is 2.44. The zero-order valence-corrected chi connectivity index (χ0v) is 19.0. The summed E-state index contributed by atoms with van der Waals surface area (Å²) in [6, 6.07) is 5.58. The van der Waals surface area contributed by atoms with Crippen molar-refractivity contribution in [3.8, 4) is 5.75 Å². The fourth-order valence-corrected chi connectivity index (χ4v) is 5.65. The molecule has 2 aromatic rings. The fraction of sp³-hybridized carbons (Fsp3) is 0.368. The van der Waals surface area contributed by atoms with Crippen molar-refractivity contribution in [1.82, 2.24) is 4.72 Å². The molecular weight excluding hydrogens is 448 g/mol. The molecule has 2 rings (SSSR count). The third-order valence-electron chi connectivity index (χ3n) is 4.04. The van der Waals surface area contributed by atoms with Crippen LogP contribution >= 0.6 is 22.9 Å². The van der Waals surface area contributed by atoms with E-state index in [1.54, 1.807) is 12.1 Å².